The summed E-state index contributed by atoms with van der Waals surface area (Å²) in [5.41, 5.74) is 2.35. The summed E-state index contributed by atoms with van der Waals surface area (Å²) in [5.74, 6) is -1.94. The summed E-state index contributed by atoms with van der Waals surface area (Å²) in [6, 6.07) is 22.2. The van der Waals surface area contributed by atoms with Gasteiger partial charge in [0.25, 0.3) is 10.0 Å². The molecule has 0 spiro atoms. The Morgan fingerprint density at radius 1 is 0.902 bits per heavy atom. The number of carboxylic acid groups (broad SMARTS) is 2. The molecule has 1 aromatic heterocycles. The van der Waals surface area contributed by atoms with Gasteiger partial charge in [-0.3, -0.25) is 9.10 Å². The molecular formula is C30H27N3O7S. The van der Waals surface area contributed by atoms with Gasteiger partial charge in [-0.05, 0) is 48.0 Å². The Balaban J connectivity index is 1.54. The summed E-state index contributed by atoms with van der Waals surface area (Å²) in [7, 11) is -2.84. The van der Waals surface area contributed by atoms with Crippen molar-refractivity contribution in [1.82, 2.24) is 4.98 Å². The predicted molar refractivity (Wildman–Crippen MR) is 156 cm³/mol. The molecule has 0 bridgehead atoms. The van der Waals surface area contributed by atoms with Crippen LogP contribution >= 0.6 is 0 Å². The molecule has 0 unspecified atom stereocenters. The molecular weight excluding hydrogens is 546 g/mol. The molecule has 10 nitrogen and oxygen atoms in total. The molecule has 41 heavy (non-hydrogen) atoms. The number of ether oxygens (including phenoxy) is 1. The standard InChI is InChI=1S/C30H27N3O7S/c1-40-20-10-12-21(13-11-20)41(38,39)33(18-29(34)35)28-15-14-26(23-7-2-3-8-24(23)28)32-27(30(36)37)16-19-17-31-25-9-5-4-6-22(19)25/h2-15,17,27,31-32H,16,18H2,1H3,(H,34,35)(H,36,37)/t27-/m0/s1. The number of sulfonamides is 1. The van der Waals surface area contributed by atoms with Gasteiger partial charge < -0.3 is 25.3 Å². The topological polar surface area (TPSA) is 149 Å². The number of rotatable bonds is 11. The SMILES string of the molecule is COc1ccc(S(=O)(=O)N(CC(=O)O)c2ccc(N[C@@H](Cc3c[nH]c4ccccc34)C(=O)O)c3ccccc23)cc1. The fraction of sp³-hybridized carbons (Fsp3) is 0.133. The van der Waals surface area contributed by atoms with Crippen LogP contribution in [0.4, 0.5) is 11.4 Å². The van der Waals surface area contributed by atoms with E-state index < -0.39 is 34.5 Å². The summed E-state index contributed by atoms with van der Waals surface area (Å²) >= 11 is 0. The second-order valence-electron chi connectivity index (χ2n) is 9.36. The fourth-order valence-corrected chi connectivity index (χ4v) is 6.27. The predicted octanol–water partition coefficient (Wildman–Crippen LogP) is 4.72. The zero-order valence-corrected chi connectivity index (χ0v) is 22.8. The lowest BCUT2D eigenvalue weighted by atomic mass is 10.0. The van der Waals surface area contributed by atoms with Crippen LogP contribution in [0.15, 0.2) is 96.0 Å². The number of methoxy groups -OCH3 is 1. The van der Waals surface area contributed by atoms with Crippen LogP contribution in [0.1, 0.15) is 5.56 Å². The van der Waals surface area contributed by atoms with Crippen molar-refractivity contribution in [2.24, 2.45) is 0 Å². The van der Waals surface area contributed by atoms with Crippen molar-refractivity contribution in [3.05, 3.63) is 96.7 Å². The molecule has 4 aromatic carbocycles. The number of aromatic nitrogens is 1. The lowest BCUT2D eigenvalue weighted by molar-refractivity contribution is -0.138. The number of nitrogens with zero attached hydrogens (tertiary/aromatic N) is 1. The van der Waals surface area contributed by atoms with E-state index in [1.807, 2.05) is 24.3 Å². The van der Waals surface area contributed by atoms with Crippen molar-refractivity contribution >= 4 is 55.0 Å². The Morgan fingerprint density at radius 2 is 1.56 bits per heavy atom. The third-order valence-corrected chi connectivity index (χ3v) is 8.60. The molecule has 0 saturated heterocycles. The highest BCUT2D eigenvalue weighted by atomic mass is 32.2. The van der Waals surface area contributed by atoms with Crippen molar-refractivity contribution in [2.45, 2.75) is 17.4 Å². The first-order valence-corrected chi connectivity index (χ1v) is 14.1. The zero-order chi connectivity index (χ0) is 29.1. The first-order chi connectivity index (χ1) is 19.7. The number of carboxylic acids is 2. The molecule has 0 amide bonds. The number of hydrogen-bond acceptors (Lipinski definition) is 6. The van der Waals surface area contributed by atoms with E-state index in [1.54, 1.807) is 36.5 Å². The minimum Gasteiger partial charge on any atom is -0.497 e. The van der Waals surface area contributed by atoms with E-state index in [2.05, 4.69) is 10.3 Å². The zero-order valence-electron chi connectivity index (χ0n) is 21.9. The van der Waals surface area contributed by atoms with Crippen molar-refractivity contribution in [3.8, 4) is 5.75 Å². The van der Waals surface area contributed by atoms with E-state index in [-0.39, 0.29) is 17.0 Å². The number of nitrogens with one attached hydrogen (secondary N) is 2. The molecule has 1 atom stereocenters. The van der Waals surface area contributed by atoms with Gasteiger partial charge in [0.1, 0.15) is 18.3 Å². The molecule has 0 saturated carbocycles. The van der Waals surface area contributed by atoms with Gasteiger partial charge in [-0.1, -0.05) is 42.5 Å². The third-order valence-electron chi connectivity index (χ3n) is 6.82. The normalized spacial score (nSPS) is 12.2. The average molecular weight is 574 g/mol. The second kappa shape index (κ2) is 11.2. The monoisotopic (exact) mass is 573 g/mol. The number of aliphatic carboxylic acids is 2. The van der Waals surface area contributed by atoms with E-state index >= 15 is 0 Å². The number of fused-ring (bicyclic) bond motifs is 2. The molecule has 4 N–H and O–H groups in total. The molecule has 5 aromatic rings. The minimum absolute atomic E-state index is 0.101. The van der Waals surface area contributed by atoms with Gasteiger partial charge in [-0.2, -0.15) is 0 Å². The Morgan fingerprint density at radius 3 is 2.22 bits per heavy atom. The van der Waals surface area contributed by atoms with E-state index in [4.69, 9.17) is 4.74 Å². The van der Waals surface area contributed by atoms with Gasteiger partial charge in [-0.25, -0.2) is 13.2 Å². The van der Waals surface area contributed by atoms with Crippen molar-refractivity contribution in [3.63, 3.8) is 0 Å². The summed E-state index contributed by atoms with van der Waals surface area (Å²) in [4.78, 5) is 27.2. The van der Waals surface area contributed by atoms with Crippen molar-refractivity contribution < 1.29 is 33.0 Å². The second-order valence-corrected chi connectivity index (χ2v) is 11.2. The molecule has 1 heterocycles. The van der Waals surface area contributed by atoms with Crippen LogP contribution in [0.2, 0.25) is 0 Å². The van der Waals surface area contributed by atoms with Crippen molar-refractivity contribution in [2.75, 3.05) is 23.3 Å². The van der Waals surface area contributed by atoms with E-state index in [0.29, 0.717) is 22.2 Å². The van der Waals surface area contributed by atoms with E-state index in [0.717, 1.165) is 20.8 Å². The number of carbonyl (C=O) groups is 2. The number of H-pyrrole nitrogens is 1. The van der Waals surface area contributed by atoms with Crippen LogP contribution in [0.25, 0.3) is 21.7 Å². The molecule has 0 aliphatic heterocycles. The maximum Gasteiger partial charge on any atom is 0.326 e. The number of benzene rings is 4. The van der Waals surface area contributed by atoms with Gasteiger partial charge in [0.2, 0.25) is 0 Å². The van der Waals surface area contributed by atoms with Crippen LogP contribution in [-0.2, 0) is 26.0 Å². The van der Waals surface area contributed by atoms with Crippen LogP contribution in [-0.4, -0.2) is 55.2 Å². The van der Waals surface area contributed by atoms with Crippen LogP contribution in [0.3, 0.4) is 0 Å². The first-order valence-electron chi connectivity index (χ1n) is 12.6. The lowest BCUT2D eigenvalue weighted by Gasteiger charge is -2.26. The fourth-order valence-electron chi connectivity index (χ4n) is 4.83. The molecule has 0 radical (unpaired) electrons. The molecule has 210 valence electrons. The van der Waals surface area contributed by atoms with E-state index in [1.165, 1.54) is 37.4 Å². The lowest BCUT2D eigenvalue weighted by Crippen LogP contribution is -2.36. The largest absolute Gasteiger partial charge is 0.497 e. The Labute approximate surface area is 235 Å². The third kappa shape index (κ3) is 5.52. The smallest absolute Gasteiger partial charge is 0.326 e. The minimum atomic E-state index is -4.29. The van der Waals surface area contributed by atoms with Crippen LogP contribution in [0.5, 0.6) is 5.75 Å². The average Bonchev–Trinajstić information content (AvgIpc) is 3.38. The Hall–Kier alpha value is -5.03. The van der Waals surface area contributed by atoms with Gasteiger partial charge >= 0.3 is 11.9 Å². The number of hydrogen-bond donors (Lipinski definition) is 4. The quantitative estimate of drug-likeness (QED) is 0.177. The van der Waals surface area contributed by atoms with Gasteiger partial charge in [-0.15, -0.1) is 0 Å². The summed E-state index contributed by atoms with van der Waals surface area (Å²) in [6.07, 6.45) is 1.98. The van der Waals surface area contributed by atoms with Crippen LogP contribution in [0, 0.1) is 0 Å². The van der Waals surface area contributed by atoms with E-state index in [9.17, 15) is 28.2 Å². The van der Waals surface area contributed by atoms with Gasteiger partial charge in [0.05, 0.1) is 17.7 Å². The molecule has 0 fully saturated rings. The Bertz CT molecular complexity index is 1850. The summed E-state index contributed by atoms with van der Waals surface area (Å²) < 4.78 is 33.3. The number of para-hydroxylation sites is 1. The maximum atomic E-state index is 13.7. The highest BCUT2D eigenvalue weighted by Crippen LogP contribution is 2.36. The highest BCUT2D eigenvalue weighted by Gasteiger charge is 2.29. The maximum absolute atomic E-state index is 13.7. The number of anilines is 2. The molecule has 5 rings (SSSR count). The highest BCUT2D eigenvalue weighted by molar-refractivity contribution is 7.92. The molecule has 11 heteroatoms. The van der Waals surface area contributed by atoms with Crippen LogP contribution < -0.4 is 14.4 Å². The van der Waals surface area contributed by atoms with Gasteiger partial charge in [0.15, 0.2) is 0 Å². The van der Waals surface area contributed by atoms with Gasteiger partial charge in [0, 0.05) is 40.0 Å². The van der Waals surface area contributed by atoms with Crippen molar-refractivity contribution in [1.29, 1.82) is 0 Å². The molecule has 0 aliphatic carbocycles. The summed E-state index contributed by atoms with van der Waals surface area (Å²) in [5, 5.41) is 24.7. The number of aromatic amines is 1. The first kappa shape index (κ1) is 27.5. The summed E-state index contributed by atoms with van der Waals surface area (Å²) in [6.45, 7) is -0.816. The Kier molecular flexibility index (Phi) is 7.54. The molecule has 0 aliphatic rings.